The minimum Gasteiger partial charge on any atom is -0.451 e. The number of ether oxygens (including phenoxy) is 2. The third-order valence-corrected chi connectivity index (χ3v) is 4.18. The molecule has 0 bridgehead atoms. The number of carbonyl (C=O) groups is 2. The number of hydrogen-bond donors (Lipinski definition) is 0. The first-order valence-electron chi connectivity index (χ1n) is 8.44. The van der Waals surface area contributed by atoms with Crippen molar-refractivity contribution >= 4 is 17.6 Å². The molecule has 3 rings (SSSR count). The molecular weight excluding hydrogens is 358 g/mol. The number of carbonyl (C=O) groups excluding carboxylic acids is 2. The van der Waals surface area contributed by atoms with Crippen LogP contribution in [0.4, 0.5) is 14.6 Å². The molecule has 1 unspecified atom stereocenters. The Morgan fingerprint density at radius 1 is 1.11 bits per heavy atom. The van der Waals surface area contributed by atoms with Crippen LogP contribution < -0.4 is 4.90 Å². The van der Waals surface area contributed by atoms with E-state index in [0.717, 1.165) is 37.1 Å². The fraction of sp³-hybridized carbons (Fsp3) is 0.316. The molecule has 2 heterocycles. The predicted molar refractivity (Wildman–Crippen MR) is 92.8 cm³/mol. The summed E-state index contributed by atoms with van der Waals surface area (Å²) in [5.74, 6) is -2.81. The predicted octanol–water partition coefficient (Wildman–Crippen LogP) is 2.62. The molecule has 8 heteroatoms. The van der Waals surface area contributed by atoms with Crippen molar-refractivity contribution in [2.75, 3.05) is 31.2 Å². The molecule has 0 amide bonds. The van der Waals surface area contributed by atoms with Crippen LogP contribution in [0.1, 0.15) is 27.6 Å². The normalized spacial score (nSPS) is 15.3. The molecule has 0 saturated carbocycles. The van der Waals surface area contributed by atoms with Gasteiger partial charge in [0.15, 0.2) is 17.7 Å². The van der Waals surface area contributed by atoms with Crippen molar-refractivity contribution in [2.45, 2.75) is 13.0 Å². The van der Waals surface area contributed by atoms with E-state index in [1.54, 1.807) is 12.1 Å². The lowest BCUT2D eigenvalue weighted by atomic mass is 10.1. The lowest BCUT2D eigenvalue weighted by molar-refractivity contribution is 0.0318. The zero-order valence-electron chi connectivity index (χ0n) is 14.7. The molecule has 6 nitrogen and oxygen atoms in total. The molecule has 1 aromatic carbocycles. The minimum atomic E-state index is -1.15. The van der Waals surface area contributed by atoms with Gasteiger partial charge in [-0.3, -0.25) is 4.79 Å². The summed E-state index contributed by atoms with van der Waals surface area (Å²) >= 11 is 0. The average molecular weight is 376 g/mol. The van der Waals surface area contributed by atoms with Crippen LogP contribution in [0.2, 0.25) is 0 Å². The van der Waals surface area contributed by atoms with Crippen LogP contribution in [0.15, 0.2) is 36.5 Å². The van der Waals surface area contributed by atoms with E-state index < -0.39 is 29.5 Å². The van der Waals surface area contributed by atoms with Crippen LogP contribution in [0, 0.1) is 11.6 Å². The number of benzene rings is 1. The number of halogens is 2. The second-order valence-electron chi connectivity index (χ2n) is 6.05. The number of esters is 1. The number of anilines is 1. The van der Waals surface area contributed by atoms with Gasteiger partial charge in [-0.1, -0.05) is 0 Å². The van der Waals surface area contributed by atoms with Crippen LogP contribution >= 0.6 is 0 Å². The van der Waals surface area contributed by atoms with Gasteiger partial charge in [0.2, 0.25) is 5.78 Å². The largest absolute Gasteiger partial charge is 0.451 e. The standard InChI is InChI=1S/C19H18F2N2O4/c1-12(18(24)13-2-4-15(20)16(21)10-13)27-19(25)14-3-5-17(22-11-14)23-6-8-26-9-7-23/h2-5,10-12H,6-9H2,1H3. The third kappa shape index (κ3) is 4.46. The second kappa shape index (κ2) is 8.22. The molecule has 1 atom stereocenters. The van der Waals surface area contributed by atoms with E-state index in [1.165, 1.54) is 13.1 Å². The van der Waals surface area contributed by atoms with Crippen LogP contribution in [0.3, 0.4) is 0 Å². The van der Waals surface area contributed by atoms with Crippen molar-refractivity contribution in [3.05, 3.63) is 59.3 Å². The summed E-state index contributed by atoms with van der Waals surface area (Å²) in [6.45, 7) is 4.05. The molecule has 1 fully saturated rings. The first-order chi connectivity index (χ1) is 13.0. The number of rotatable bonds is 5. The van der Waals surface area contributed by atoms with E-state index in [-0.39, 0.29) is 11.1 Å². The lowest BCUT2D eigenvalue weighted by Gasteiger charge is -2.27. The Labute approximate surface area is 154 Å². The van der Waals surface area contributed by atoms with E-state index in [4.69, 9.17) is 9.47 Å². The Morgan fingerprint density at radius 3 is 2.44 bits per heavy atom. The van der Waals surface area contributed by atoms with Crippen LogP contribution in [0.25, 0.3) is 0 Å². The number of Topliss-reactive ketones (excluding diaryl/α,β-unsaturated/α-hetero) is 1. The highest BCUT2D eigenvalue weighted by Gasteiger charge is 2.22. The number of morpholine rings is 1. The number of hydrogen-bond acceptors (Lipinski definition) is 6. The van der Waals surface area contributed by atoms with E-state index in [0.29, 0.717) is 13.2 Å². The molecule has 0 N–H and O–H groups in total. The Morgan fingerprint density at radius 2 is 1.81 bits per heavy atom. The average Bonchev–Trinajstić information content (AvgIpc) is 2.70. The highest BCUT2D eigenvalue weighted by atomic mass is 19.2. The van der Waals surface area contributed by atoms with Gasteiger partial charge in [0.25, 0.3) is 0 Å². The molecule has 142 valence electrons. The summed E-state index contributed by atoms with van der Waals surface area (Å²) < 4.78 is 36.6. The number of aromatic nitrogens is 1. The maximum Gasteiger partial charge on any atom is 0.340 e. The summed E-state index contributed by atoms with van der Waals surface area (Å²) in [5.41, 5.74) is 0.118. The zero-order valence-corrected chi connectivity index (χ0v) is 14.7. The highest BCUT2D eigenvalue weighted by Crippen LogP contribution is 2.16. The van der Waals surface area contributed by atoms with Gasteiger partial charge in [-0.2, -0.15) is 0 Å². The minimum absolute atomic E-state index is 0.0741. The quantitative estimate of drug-likeness (QED) is 0.590. The first kappa shape index (κ1) is 18.9. The van der Waals surface area contributed by atoms with E-state index in [2.05, 4.69) is 4.98 Å². The molecule has 1 aliphatic heterocycles. The number of nitrogens with zero attached hydrogens (tertiary/aromatic N) is 2. The van der Waals surface area contributed by atoms with E-state index in [9.17, 15) is 18.4 Å². The molecule has 27 heavy (non-hydrogen) atoms. The van der Waals surface area contributed by atoms with Gasteiger partial charge >= 0.3 is 5.97 Å². The topological polar surface area (TPSA) is 68.7 Å². The summed E-state index contributed by atoms with van der Waals surface area (Å²) in [7, 11) is 0. The van der Waals surface area contributed by atoms with Crippen LogP contribution in [0.5, 0.6) is 0 Å². The first-order valence-corrected chi connectivity index (χ1v) is 8.44. The Bertz CT molecular complexity index is 836. The number of ketones is 1. The van der Waals surface area contributed by atoms with E-state index >= 15 is 0 Å². The molecule has 0 aliphatic carbocycles. The van der Waals surface area contributed by atoms with Gasteiger partial charge in [-0.15, -0.1) is 0 Å². The molecule has 1 aromatic heterocycles. The number of pyridine rings is 1. The van der Waals surface area contributed by atoms with Crippen molar-refractivity contribution in [3.63, 3.8) is 0 Å². The van der Waals surface area contributed by atoms with Crippen LogP contribution in [-0.4, -0.2) is 49.1 Å². The van der Waals surface area contributed by atoms with Crippen molar-refractivity contribution < 1.29 is 27.8 Å². The van der Waals surface area contributed by atoms with Crippen LogP contribution in [-0.2, 0) is 9.47 Å². The maximum atomic E-state index is 13.3. The second-order valence-corrected chi connectivity index (χ2v) is 6.05. The summed E-state index contributed by atoms with van der Waals surface area (Å²) in [4.78, 5) is 30.7. The molecule has 1 aliphatic rings. The molecule has 2 aromatic rings. The molecular formula is C19H18F2N2O4. The Hall–Kier alpha value is -2.87. The van der Waals surface area contributed by atoms with Gasteiger partial charge in [-0.25, -0.2) is 18.6 Å². The fourth-order valence-corrected chi connectivity index (χ4v) is 2.65. The third-order valence-electron chi connectivity index (χ3n) is 4.18. The van der Waals surface area contributed by atoms with Gasteiger partial charge in [-0.05, 0) is 37.3 Å². The monoisotopic (exact) mass is 376 g/mol. The van der Waals surface area contributed by atoms with Crippen molar-refractivity contribution in [1.29, 1.82) is 0 Å². The molecule has 0 spiro atoms. The Balaban J connectivity index is 1.63. The van der Waals surface area contributed by atoms with Crippen molar-refractivity contribution in [3.8, 4) is 0 Å². The van der Waals surface area contributed by atoms with Crippen molar-refractivity contribution in [1.82, 2.24) is 4.98 Å². The van der Waals surface area contributed by atoms with Gasteiger partial charge < -0.3 is 14.4 Å². The fourth-order valence-electron chi connectivity index (χ4n) is 2.65. The van der Waals surface area contributed by atoms with E-state index in [1.807, 2.05) is 4.90 Å². The summed E-state index contributed by atoms with van der Waals surface area (Å²) in [5, 5.41) is 0. The van der Waals surface area contributed by atoms with Gasteiger partial charge in [0.05, 0.1) is 18.8 Å². The molecule has 0 radical (unpaired) electrons. The maximum absolute atomic E-state index is 13.3. The lowest BCUT2D eigenvalue weighted by Crippen LogP contribution is -2.36. The zero-order chi connectivity index (χ0) is 19.4. The Kier molecular flexibility index (Phi) is 5.75. The van der Waals surface area contributed by atoms with Crippen molar-refractivity contribution in [2.24, 2.45) is 0 Å². The van der Waals surface area contributed by atoms with Gasteiger partial charge in [0.1, 0.15) is 5.82 Å². The SMILES string of the molecule is CC(OC(=O)c1ccc(N2CCOCC2)nc1)C(=O)c1ccc(F)c(F)c1. The van der Waals surface area contributed by atoms with Gasteiger partial charge in [0, 0.05) is 24.8 Å². The highest BCUT2D eigenvalue weighted by molar-refractivity contribution is 6.01. The smallest absolute Gasteiger partial charge is 0.340 e. The summed E-state index contributed by atoms with van der Waals surface area (Å²) in [6, 6.07) is 6.04. The summed E-state index contributed by atoms with van der Waals surface area (Å²) in [6.07, 6.45) is 0.225. The molecule has 1 saturated heterocycles.